The smallest absolute Gasteiger partial charge is 0.191 e. The minimum Gasteiger partial charge on any atom is -0.357 e. The van der Waals surface area contributed by atoms with E-state index >= 15 is 0 Å². The van der Waals surface area contributed by atoms with Crippen molar-refractivity contribution in [2.45, 2.75) is 72.1 Å². The Morgan fingerprint density at radius 2 is 1.70 bits per heavy atom. The summed E-state index contributed by atoms with van der Waals surface area (Å²) in [7, 11) is -3.12. The van der Waals surface area contributed by atoms with Crippen molar-refractivity contribution in [3.63, 3.8) is 0 Å². The van der Waals surface area contributed by atoms with Crippen LogP contribution in [0.25, 0.3) is 0 Å². The van der Waals surface area contributed by atoms with E-state index < -0.39 is 14.6 Å². The van der Waals surface area contributed by atoms with E-state index in [4.69, 9.17) is 0 Å². The zero-order valence-electron chi connectivity index (χ0n) is 15.8. The molecule has 23 heavy (non-hydrogen) atoms. The van der Waals surface area contributed by atoms with Gasteiger partial charge in [-0.2, -0.15) is 0 Å². The Balaban J connectivity index is 0. The van der Waals surface area contributed by atoms with Crippen molar-refractivity contribution < 1.29 is 8.42 Å². The minimum atomic E-state index is -3.12. The van der Waals surface area contributed by atoms with Gasteiger partial charge in [0, 0.05) is 12.6 Å². The molecule has 0 aromatic carbocycles. The maximum Gasteiger partial charge on any atom is 0.191 e. The minimum absolute atomic E-state index is 0. The van der Waals surface area contributed by atoms with E-state index in [2.05, 4.69) is 36.4 Å². The fourth-order valence-corrected chi connectivity index (χ4v) is 2.74. The molecule has 0 spiro atoms. The van der Waals surface area contributed by atoms with Gasteiger partial charge in [-0.15, -0.1) is 24.0 Å². The average molecular weight is 461 g/mol. The summed E-state index contributed by atoms with van der Waals surface area (Å²) in [5.41, 5.74) is 0. The Bertz CT molecular complexity index is 443. The van der Waals surface area contributed by atoms with Gasteiger partial charge in [-0.05, 0) is 53.4 Å². The predicted octanol–water partition coefficient (Wildman–Crippen LogP) is 3.20. The van der Waals surface area contributed by atoms with Gasteiger partial charge in [0.2, 0.25) is 0 Å². The maximum atomic E-state index is 12.1. The van der Waals surface area contributed by atoms with Crippen LogP contribution in [-0.2, 0) is 9.84 Å². The number of sulfone groups is 1. The molecular formula is C16H36IN3O2S. The fourth-order valence-electron chi connectivity index (χ4n) is 1.79. The molecule has 0 radical (unpaired) electrons. The van der Waals surface area contributed by atoms with Crippen molar-refractivity contribution in [2.24, 2.45) is 10.9 Å². The van der Waals surface area contributed by atoms with E-state index in [0.717, 1.165) is 19.4 Å². The first-order valence-corrected chi connectivity index (χ1v) is 9.92. The molecule has 0 aliphatic rings. The van der Waals surface area contributed by atoms with Crippen molar-refractivity contribution in [1.29, 1.82) is 0 Å². The van der Waals surface area contributed by atoms with E-state index in [1.54, 1.807) is 20.8 Å². The number of guanidine groups is 1. The number of aliphatic imine (C=N–C) groups is 1. The molecule has 7 heteroatoms. The largest absolute Gasteiger partial charge is 0.357 e. The first-order valence-electron chi connectivity index (χ1n) is 8.26. The molecular weight excluding hydrogens is 425 g/mol. The molecule has 1 unspecified atom stereocenters. The molecule has 0 heterocycles. The number of rotatable bonds is 8. The quantitative estimate of drug-likeness (QED) is 0.331. The normalized spacial score (nSPS) is 14.3. The molecule has 1 atom stereocenters. The van der Waals surface area contributed by atoms with Crippen molar-refractivity contribution in [1.82, 2.24) is 10.6 Å². The molecule has 0 fully saturated rings. The van der Waals surface area contributed by atoms with Gasteiger partial charge in [0.25, 0.3) is 0 Å². The van der Waals surface area contributed by atoms with E-state index in [9.17, 15) is 8.42 Å². The highest BCUT2D eigenvalue weighted by atomic mass is 127. The van der Waals surface area contributed by atoms with Gasteiger partial charge in [-0.3, -0.25) is 4.99 Å². The highest BCUT2D eigenvalue weighted by molar-refractivity contribution is 14.0. The third-order valence-electron chi connectivity index (χ3n) is 3.47. The van der Waals surface area contributed by atoms with Crippen LogP contribution < -0.4 is 10.6 Å². The van der Waals surface area contributed by atoms with Crippen molar-refractivity contribution in [2.75, 3.05) is 18.8 Å². The van der Waals surface area contributed by atoms with Crippen LogP contribution in [0, 0.1) is 5.92 Å². The zero-order chi connectivity index (χ0) is 17.4. The number of halogens is 1. The number of nitrogens with zero attached hydrogens (tertiary/aromatic N) is 1. The molecule has 5 nitrogen and oxygen atoms in total. The van der Waals surface area contributed by atoms with Gasteiger partial charge in [0.05, 0.1) is 17.0 Å². The first kappa shape index (κ1) is 25.2. The van der Waals surface area contributed by atoms with Crippen LogP contribution >= 0.6 is 24.0 Å². The fraction of sp³-hybridized carbons (Fsp3) is 0.938. The summed E-state index contributed by atoms with van der Waals surface area (Å²) in [5.74, 6) is 1.46. The molecule has 0 aliphatic heterocycles. The van der Waals surface area contributed by atoms with Gasteiger partial charge < -0.3 is 10.6 Å². The summed E-state index contributed by atoms with van der Waals surface area (Å²) in [4.78, 5) is 4.39. The second kappa shape index (κ2) is 11.5. The van der Waals surface area contributed by atoms with Crippen molar-refractivity contribution in [3.05, 3.63) is 0 Å². The number of hydrogen-bond donors (Lipinski definition) is 2. The van der Waals surface area contributed by atoms with E-state index in [-0.39, 0.29) is 36.3 Å². The van der Waals surface area contributed by atoms with Gasteiger partial charge in [-0.1, -0.05) is 13.8 Å². The summed E-state index contributed by atoms with van der Waals surface area (Å²) in [6.45, 7) is 14.8. The molecule has 0 saturated heterocycles. The Kier molecular flexibility index (Phi) is 12.6. The number of nitrogens with one attached hydrogen (secondary N) is 2. The lowest BCUT2D eigenvalue weighted by atomic mass is 10.0. The molecule has 0 saturated carbocycles. The highest BCUT2D eigenvalue weighted by Crippen LogP contribution is 2.15. The Morgan fingerprint density at radius 3 is 2.13 bits per heavy atom. The van der Waals surface area contributed by atoms with Gasteiger partial charge in [0.15, 0.2) is 15.8 Å². The van der Waals surface area contributed by atoms with Crippen LogP contribution in [0.4, 0.5) is 0 Å². The van der Waals surface area contributed by atoms with Gasteiger partial charge in [0.1, 0.15) is 0 Å². The summed E-state index contributed by atoms with van der Waals surface area (Å²) in [6, 6.07) is 0.319. The standard InChI is InChI=1S/C16H35N3O2S.HI/c1-8-17-15(19-14(4)10-9-13(2)3)18-11-12-22(20,21)16(5,6)7;/h13-14H,8-12H2,1-7H3,(H2,17,18,19);1H. The lowest BCUT2D eigenvalue weighted by Crippen LogP contribution is -2.42. The topological polar surface area (TPSA) is 70.6 Å². The lowest BCUT2D eigenvalue weighted by Gasteiger charge is -2.20. The Labute approximate surface area is 160 Å². The summed E-state index contributed by atoms with van der Waals surface area (Å²) < 4.78 is 23.4. The van der Waals surface area contributed by atoms with Crippen LogP contribution in [0.1, 0.15) is 61.3 Å². The molecule has 140 valence electrons. The molecule has 2 N–H and O–H groups in total. The second-order valence-corrected chi connectivity index (χ2v) is 10.1. The predicted molar refractivity (Wildman–Crippen MR) is 112 cm³/mol. The van der Waals surface area contributed by atoms with E-state index in [0.29, 0.717) is 17.9 Å². The van der Waals surface area contributed by atoms with Crippen LogP contribution in [-0.4, -0.2) is 44.0 Å². The molecule has 0 aromatic rings. The van der Waals surface area contributed by atoms with E-state index in [1.165, 1.54) is 0 Å². The molecule has 0 bridgehead atoms. The van der Waals surface area contributed by atoms with Gasteiger partial charge in [-0.25, -0.2) is 8.42 Å². The van der Waals surface area contributed by atoms with E-state index in [1.807, 2.05) is 6.92 Å². The third kappa shape index (κ3) is 11.2. The zero-order valence-corrected chi connectivity index (χ0v) is 18.9. The van der Waals surface area contributed by atoms with Crippen molar-refractivity contribution in [3.8, 4) is 0 Å². The highest BCUT2D eigenvalue weighted by Gasteiger charge is 2.28. The SMILES string of the molecule is CCNC(=NCCS(=O)(=O)C(C)(C)C)NC(C)CCC(C)C.I. The first-order chi connectivity index (χ1) is 9.99. The van der Waals surface area contributed by atoms with Crippen LogP contribution in [0.3, 0.4) is 0 Å². The Hall–Kier alpha value is -0.0500. The van der Waals surface area contributed by atoms with Crippen LogP contribution in [0.2, 0.25) is 0 Å². The Morgan fingerprint density at radius 1 is 1.13 bits per heavy atom. The monoisotopic (exact) mass is 461 g/mol. The van der Waals surface area contributed by atoms with Gasteiger partial charge >= 0.3 is 0 Å². The lowest BCUT2D eigenvalue weighted by molar-refractivity contribution is 0.489. The second-order valence-electron chi connectivity index (χ2n) is 7.21. The third-order valence-corrected chi connectivity index (χ3v) is 6.05. The maximum absolute atomic E-state index is 12.1. The summed E-state index contributed by atoms with van der Waals surface area (Å²) in [5, 5.41) is 6.51. The van der Waals surface area contributed by atoms with Crippen LogP contribution in [0.5, 0.6) is 0 Å². The number of hydrogen-bond acceptors (Lipinski definition) is 3. The molecule has 0 aromatic heterocycles. The molecule has 0 aliphatic carbocycles. The average Bonchev–Trinajstić information content (AvgIpc) is 2.35. The molecule has 0 rings (SSSR count). The van der Waals surface area contributed by atoms with Crippen LogP contribution in [0.15, 0.2) is 4.99 Å². The summed E-state index contributed by atoms with van der Waals surface area (Å²) >= 11 is 0. The van der Waals surface area contributed by atoms with Crippen molar-refractivity contribution >= 4 is 39.8 Å². The summed E-state index contributed by atoms with van der Waals surface area (Å²) in [6.07, 6.45) is 2.23. The molecule has 0 amide bonds.